The van der Waals surface area contributed by atoms with E-state index >= 15 is 8.78 Å². The van der Waals surface area contributed by atoms with Crippen LogP contribution in [0.3, 0.4) is 0 Å². The maximum atomic E-state index is 16.0. The SMILES string of the molecule is C=C1N(c2c(F)c(OC)cc(C(C)C)c2F)Cc2cnc(-c3ccc(C4(C#N)CCC4)nc3)cc2N1c1cccnc1. The van der Waals surface area contributed by atoms with E-state index in [-0.39, 0.29) is 23.9 Å². The third kappa shape index (κ3) is 4.35. The summed E-state index contributed by atoms with van der Waals surface area (Å²) in [6, 6.07) is 13.3. The van der Waals surface area contributed by atoms with Gasteiger partial charge in [-0.25, -0.2) is 8.78 Å². The second kappa shape index (κ2) is 10.5. The van der Waals surface area contributed by atoms with Crippen LogP contribution in [0, 0.1) is 23.0 Å². The van der Waals surface area contributed by atoms with Crippen molar-refractivity contribution in [3.63, 3.8) is 0 Å². The molecule has 4 heterocycles. The summed E-state index contributed by atoms with van der Waals surface area (Å²) >= 11 is 0. The largest absolute Gasteiger partial charge is 0.494 e. The van der Waals surface area contributed by atoms with Gasteiger partial charge in [-0.1, -0.05) is 20.4 Å². The highest BCUT2D eigenvalue weighted by Crippen LogP contribution is 2.46. The van der Waals surface area contributed by atoms with Crippen molar-refractivity contribution in [2.45, 2.75) is 51.0 Å². The molecule has 7 nitrogen and oxygen atoms in total. The first-order valence-corrected chi connectivity index (χ1v) is 13.9. The van der Waals surface area contributed by atoms with E-state index in [1.807, 2.05) is 43.0 Å². The lowest BCUT2D eigenvalue weighted by Crippen LogP contribution is -2.38. The number of rotatable bonds is 6. The van der Waals surface area contributed by atoms with Crippen molar-refractivity contribution in [2.75, 3.05) is 16.9 Å². The van der Waals surface area contributed by atoms with Gasteiger partial charge in [-0.15, -0.1) is 0 Å². The van der Waals surface area contributed by atoms with Gasteiger partial charge in [0.25, 0.3) is 0 Å². The van der Waals surface area contributed by atoms with Crippen molar-refractivity contribution < 1.29 is 13.5 Å². The Kier molecular flexibility index (Phi) is 6.85. The van der Waals surface area contributed by atoms with Crippen LogP contribution in [0.15, 0.2) is 73.6 Å². The highest BCUT2D eigenvalue weighted by molar-refractivity contribution is 5.80. The van der Waals surface area contributed by atoms with Gasteiger partial charge >= 0.3 is 0 Å². The third-order valence-corrected chi connectivity index (χ3v) is 8.26. The molecule has 1 fully saturated rings. The van der Waals surface area contributed by atoms with Crippen LogP contribution < -0.4 is 14.5 Å². The van der Waals surface area contributed by atoms with Gasteiger partial charge in [0.2, 0.25) is 0 Å². The zero-order valence-corrected chi connectivity index (χ0v) is 23.7. The normalized spacial score (nSPS) is 15.7. The number of benzene rings is 1. The van der Waals surface area contributed by atoms with Crippen molar-refractivity contribution in [3.8, 4) is 23.1 Å². The molecule has 0 radical (unpaired) electrons. The van der Waals surface area contributed by atoms with E-state index in [2.05, 4.69) is 22.6 Å². The van der Waals surface area contributed by atoms with E-state index < -0.39 is 17.0 Å². The Balaban J connectivity index is 1.46. The van der Waals surface area contributed by atoms with Crippen molar-refractivity contribution in [1.82, 2.24) is 15.0 Å². The fraction of sp³-hybridized carbons (Fsp3) is 0.273. The van der Waals surface area contributed by atoms with Crippen molar-refractivity contribution in [3.05, 3.63) is 102 Å². The molecule has 0 atom stereocenters. The van der Waals surface area contributed by atoms with Gasteiger partial charge in [0.1, 0.15) is 11.5 Å². The fourth-order valence-corrected chi connectivity index (χ4v) is 5.67. The number of halogens is 2. The topological polar surface area (TPSA) is 78.2 Å². The van der Waals surface area contributed by atoms with Gasteiger partial charge in [-0.2, -0.15) is 5.26 Å². The van der Waals surface area contributed by atoms with Gasteiger partial charge in [0.15, 0.2) is 17.4 Å². The molecule has 1 aromatic carbocycles. The number of nitriles is 1. The summed E-state index contributed by atoms with van der Waals surface area (Å²) in [5.41, 5.74) is 4.04. The van der Waals surface area contributed by atoms with Gasteiger partial charge < -0.3 is 9.64 Å². The van der Waals surface area contributed by atoms with Crippen LogP contribution >= 0.6 is 0 Å². The summed E-state index contributed by atoms with van der Waals surface area (Å²) < 4.78 is 37.0. The molecule has 1 aliphatic heterocycles. The predicted octanol–water partition coefficient (Wildman–Crippen LogP) is 7.52. The highest BCUT2D eigenvalue weighted by atomic mass is 19.1. The Labute approximate surface area is 243 Å². The van der Waals surface area contributed by atoms with Crippen molar-refractivity contribution >= 4 is 17.1 Å². The van der Waals surface area contributed by atoms with E-state index in [9.17, 15) is 5.26 Å². The Morgan fingerprint density at radius 2 is 1.88 bits per heavy atom. The highest BCUT2D eigenvalue weighted by Gasteiger charge is 2.40. The third-order valence-electron chi connectivity index (χ3n) is 8.26. The number of aromatic nitrogens is 3. The average Bonchev–Trinajstić information content (AvgIpc) is 2.98. The second-order valence-corrected chi connectivity index (χ2v) is 11.0. The Morgan fingerprint density at radius 3 is 2.48 bits per heavy atom. The smallest absolute Gasteiger partial charge is 0.191 e. The number of fused-ring (bicyclic) bond motifs is 1. The number of anilines is 3. The minimum absolute atomic E-state index is 0.0360. The first-order chi connectivity index (χ1) is 20.3. The van der Waals surface area contributed by atoms with Crippen LogP contribution in [0.5, 0.6) is 5.75 Å². The maximum absolute atomic E-state index is 16.0. The van der Waals surface area contributed by atoms with Crippen LogP contribution in [0.25, 0.3) is 11.3 Å². The molecule has 0 bridgehead atoms. The van der Waals surface area contributed by atoms with Gasteiger partial charge in [0, 0.05) is 29.7 Å². The minimum Gasteiger partial charge on any atom is -0.494 e. The number of pyridine rings is 3. The molecule has 0 spiro atoms. The molecule has 212 valence electrons. The first kappa shape index (κ1) is 27.3. The van der Waals surface area contributed by atoms with E-state index in [4.69, 9.17) is 9.72 Å². The summed E-state index contributed by atoms with van der Waals surface area (Å²) in [6.45, 7) is 8.13. The Morgan fingerprint density at radius 1 is 1.07 bits per heavy atom. The molecule has 9 heteroatoms. The Bertz CT molecular complexity index is 1710. The monoisotopic (exact) mass is 564 g/mol. The van der Waals surface area contributed by atoms with Gasteiger partial charge in [-0.05, 0) is 67.1 Å². The molecule has 4 aromatic rings. The molecule has 6 rings (SSSR count). The van der Waals surface area contributed by atoms with Crippen molar-refractivity contribution in [1.29, 1.82) is 5.26 Å². The molecular weight excluding hydrogens is 534 g/mol. The number of nitrogens with zero attached hydrogens (tertiary/aromatic N) is 6. The van der Waals surface area contributed by atoms with Crippen LogP contribution in [0.1, 0.15) is 55.8 Å². The zero-order chi connectivity index (χ0) is 29.6. The molecule has 0 amide bonds. The lowest BCUT2D eigenvalue weighted by Gasteiger charge is -2.41. The summed E-state index contributed by atoms with van der Waals surface area (Å²) in [6.07, 6.45) is 9.45. The molecule has 42 heavy (non-hydrogen) atoms. The quantitative estimate of drug-likeness (QED) is 0.240. The summed E-state index contributed by atoms with van der Waals surface area (Å²) in [5, 5.41) is 9.70. The molecular formula is C33H30F2N6O. The molecule has 0 unspecified atom stereocenters. The van der Waals surface area contributed by atoms with Crippen LogP contribution in [0.2, 0.25) is 0 Å². The van der Waals surface area contributed by atoms with E-state index in [1.54, 1.807) is 30.9 Å². The summed E-state index contributed by atoms with van der Waals surface area (Å²) in [5.74, 6) is -1.34. The first-order valence-electron chi connectivity index (χ1n) is 13.9. The molecule has 0 N–H and O–H groups in total. The number of ether oxygens (including phenoxy) is 1. The minimum atomic E-state index is -0.799. The summed E-state index contributed by atoms with van der Waals surface area (Å²) in [7, 11) is 1.37. The number of hydrogen-bond donors (Lipinski definition) is 0. The summed E-state index contributed by atoms with van der Waals surface area (Å²) in [4.78, 5) is 16.9. The molecule has 0 saturated heterocycles. The number of hydrogen-bond acceptors (Lipinski definition) is 7. The molecule has 1 saturated carbocycles. The lowest BCUT2D eigenvalue weighted by atomic mass is 9.67. The fourth-order valence-electron chi connectivity index (χ4n) is 5.67. The second-order valence-electron chi connectivity index (χ2n) is 11.0. The number of methoxy groups -OCH3 is 1. The van der Waals surface area contributed by atoms with Gasteiger partial charge in [0.05, 0.1) is 54.1 Å². The average molecular weight is 565 g/mol. The molecule has 2 aliphatic rings. The van der Waals surface area contributed by atoms with E-state index in [0.717, 1.165) is 41.8 Å². The van der Waals surface area contributed by atoms with Crippen molar-refractivity contribution in [2.24, 2.45) is 0 Å². The molecule has 3 aromatic heterocycles. The van der Waals surface area contributed by atoms with E-state index in [1.165, 1.54) is 18.1 Å². The van der Waals surface area contributed by atoms with E-state index in [0.29, 0.717) is 22.8 Å². The van der Waals surface area contributed by atoms with Crippen LogP contribution in [0.4, 0.5) is 25.8 Å². The molecule has 1 aliphatic carbocycles. The van der Waals surface area contributed by atoms with Crippen LogP contribution in [-0.2, 0) is 12.0 Å². The van der Waals surface area contributed by atoms with Crippen LogP contribution in [-0.4, -0.2) is 22.1 Å². The zero-order valence-electron chi connectivity index (χ0n) is 23.7. The predicted molar refractivity (Wildman–Crippen MR) is 157 cm³/mol. The maximum Gasteiger partial charge on any atom is 0.191 e. The Hall–Kier alpha value is -4.84. The lowest BCUT2D eigenvalue weighted by molar-refractivity contribution is 0.316. The van der Waals surface area contributed by atoms with Gasteiger partial charge in [-0.3, -0.25) is 19.9 Å². The standard InChI is InChI=1S/C33H30F2N6O/c1-20(2)25-13-28(42-4)31(35)32(30(25)34)40-18-23-16-38-26(14-27(23)41(21(40)3)24-7-5-12-37-17-24)22-8-9-29(39-15-22)33(19-36)10-6-11-33/h5,7-9,12-17,20H,3,6,10-11,18H2,1-2,4H3.